The molecule has 2 heterocycles. The lowest BCUT2D eigenvalue weighted by molar-refractivity contribution is -0.137. The zero-order valence-corrected chi connectivity index (χ0v) is 17.6. The van der Waals surface area contributed by atoms with E-state index in [4.69, 9.17) is 11.6 Å². The Hall–Kier alpha value is -2.47. The van der Waals surface area contributed by atoms with Gasteiger partial charge in [0.05, 0.1) is 17.0 Å². The van der Waals surface area contributed by atoms with Gasteiger partial charge in [-0.2, -0.15) is 13.2 Å². The fourth-order valence-electron chi connectivity index (χ4n) is 3.24. The lowest BCUT2D eigenvalue weighted by Crippen LogP contribution is -2.46. The predicted octanol–water partition coefficient (Wildman–Crippen LogP) is 3.91. The van der Waals surface area contributed by atoms with Gasteiger partial charge in [0.1, 0.15) is 22.7 Å². The summed E-state index contributed by atoms with van der Waals surface area (Å²) in [7, 11) is -3.06. The minimum Gasteiger partial charge on any atom is -0.311 e. The molecule has 6 nitrogen and oxygen atoms in total. The van der Waals surface area contributed by atoms with Crippen molar-refractivity contribution in [2.24, 2.45) is 0 Å². The smallest absolute Gasteiger partial charge is 0.311 e. The third-order valence-corrected chi connectivity index (χ3v) is 6.86. The van der Waals surface area contributed by atoms with Crippen LogP contribution >= 0.6 is 11.6 Å². The second-order valence-electron chi connectivity index (χ2n) is 6.86. The van der Waals surface area contributed by atoms with Crippen LogP contribution in [0.3, 0.4) is 0 Å². The van der Waals surface area contributed by atoms with Crippen molar-refractivity contribution < 1.29 is 35.2 Å². The summed E-state index contributed by atoms with van der Waals surface area (Å²) in [6, 6.07) is 1.56. The number of aromatic nitrogens is 1. The minimum absolute atomic E-state index is 0.108. The second-order valence-corrected chi connectivity index (χ2v) is 9.20. The Morgan fingerprint density at radius 2 is 1.90 bits per heavy atom. The zero-order chi connectivity index (χ0) is 23.3. The summed E-state index contributed by atoms with van der Waals surface area (Å²) in [6.07, 6.45) is -5.03. The van der Waals surface area contributed by atoms with Crippen LogP contribution < -0.4 is 9.21 Å². The first kappa shape index (κ1) is 23.2. The molecule has 0 N–H and O–H groups in total. The molecule has 1 aromatic carbocycles. The lowest BCUT2D eigenvalue weighted by atomic mass is 10.1. The van der Waals surface area contributed by atoms with Gasteiger partial charge in [0, 0.05) is 12.7 Å². The van der Waals surface area contributed by atoms with Gasteiger partial charge in [0.25, 0.3) is 5.91 Å². The van der Waals surface area contributed by atoms with Gasteiger partial charge in [-0.25, -0.2) is 26.5 Å². The fraction of sp³-hybridized carbons (Fsp3) is 0.333. The van der Waals surface area contributed by atoms with E-state index in [-0.39, 0.29) is 12.1 Å². The molecule has 1 saturated heterocycles. The van der Waals surface area contributed by atoms with Crippen molar-refractivity contribution in [3.63, 3.8) is 0 Å². The standard InChI is InChI=1S/C18H15ClF5N3O3S/c1-9-7-10(18(22,23)24)8-14(25-9)27-13(5-6-31(27,29)30)17(28)26(2)12-4-3-11(20)15(19)16(12)21/h3-4,7-8,13H,5-6H2,1-2H3/t13-/m0/s1. The molecule has 1 atom stereocenters. The maximum absolute atomic E-state index is 14.3. The first-order chi connectivity index (χ1) is 14.2. The highest BCUT2D eigenvalue weighted by molar-refractivity contribution is 7.93. The molecule has 0 saturated carbocycles. The Labute approximate surface area is 179 Å². The number of alkyl halides is 3. The maximum atomic E-state index is 14.3. The lowest BCUT2D eigenvalue weighted by Gasteiger charge is -2.28. The summed E-state index contributed by atoms with van der Waals surface area (Å²) in [4.78, 5) is 17.6. The van der Waals surface area contributed by atoms with Crippen molar-refractivity contribution in [3.8, 4) is 0 Å². The average molecular weight is 484 g/mol. The maximum Gasteiger partial charge on any atom is 0.416 e. The van der Waals surface area contributed by atoms with Crippen LogP contribution in [0.5, 0.6) is 0 Å². The molecular weight excluding hydrogens is 469 g/mol. The number of anilines is 2. The van der Waals surface area contributed by atoms with Crippen molar-refractivity contribution in [2.75, 3.05) is 22.0 Å². The summed E-state index contributed by atoms with van der Waals surface area (Å²) in [6.45, 7) is 1.25. The van der Waals surface area contributed by atoms with E-state index in [9.17, 15) is 35.2 Å². The molecule has 0 spiro atoms. The molecule has 3 rings (SSSR count). The molecule has 31 heavy (non-hydrogen) atoms. The molecule has 0 radical (unpaired) electrons. The fourth-order valence-corrected chi connectivity index (χ4v) is 5.08. The molecule has 0 unspecified atom stereocenters. The number of carbonyl (C=O) groups excluding carboxylic acids is 1. The molecule has 1 fully saturated rings. The van der Waals surface area contributed by atoms with E-state index < -0.39 is 67.6 Å². The molecule has 1 amide bonds. The number of carbonyl (C=O) groups is 1. The van der Waals surface area contributed by atoms with E-state index in [1.54, 1.807) is 0 Å². The van der Waals surface area contributed by atoms with E-state index in [0.29, 0.717) is 10.4 Å². The monoisotopic (exact) mass is 483 g/mol. The Morgan fingerprint density at radius 1 is 1.26 bits per heavy atom. The quantitative estimate of drug-likeness (QED) is 0.490. The number of aryl methyl sites for hydroxylation is 1. The molecule has 13 heteroatoms. The van der Waals surface area contributed by atoms with Gasteiger partial charge >= 0.3 is 6.18 Å². The van der Waals surface area contributed by atoms with Crippen LogP contribution in [0.4, 0.5) is 33.5 Å². The number of benzene rings is 1. The topological polar surface area (TPSA) is 70.6 Å². The number of amides is 1. The molecule has 1 aliphatic heterocycles. The highest BCUT2D eigenvalue weighted by atomic mass is 35.5. The molecule has 1 aliphatic rings. The molecule has 2 aromatic rings. The minimum atomic E-state index is -4.77. The zero-order valence-electron chi connectivity index (χ0n) is 16.0. The van der Waals surface area contributed by atoms with Crippen LogP contribution in [0.2, 0.25) is 5.02 Å². The summed E-state index contributed by atoms with van der Waals surface area (Å²) < 4.78 is 93.0. The molecular formula is C18H15ClF5N3O3S. The normalized spacial score (nSPS) is 18.3. The van der Waals surface area contributed by atoms with E-state index in [0.717, 1.165) is 30.1 Å². The van der Waals surface area contributed by atoms with Gasteiger partial charge in [0.2, 0.25) is 10.0 Å². The summed E-state index contributed by atoms with van der Waals surface area (Å²) in [5, 5.41) is -0.858. The number of likely N-dealkylation sites (N-methyl/N-ethyl adjacent to an activating group) is 1. The van der Waals surface area contributed by atoms with Crippen LogP contribution in [-0.4, -0.2) is 38.2 Å². The van der Waals surface area contributed by atoms with E-state index in [2.05, 4.69) is 4.98 Å². The Morgan fingerprint density at radius 3 is 2.52 bits per heavy atom. The summed E-state index contributed by atoms with van der Waals surface area (Å²) >= 11 is 5.53. The van der Waals surface area contributed by atoms with E-state index in [1.165, 1.54) is 6.92 Å². The number of hydrogen-bond donors (Lipinski definition) is 0. The van der Waals surface area contributed by atoms with E-state index in [1.807, 2.05) is 0 Å². The van der Waals surface area contributed by atoms with Crippen LogP contribution in [0.15, 0.2) is 24.3 Å². The SMILES string of the molecule is Cc1cc(C(F)(F)F)cc(N2[C@H](C(=O)N(C)c3ccc(F)c(Cl)c3F)CCS2(=O)=O)n1. The average Bonchev–Trinajstić information content (AvgIpc) is 2.99. The van der Waals surface area contributed by atoms with Crippen molar-refractivity contribution in [1.29, 1.82) is 0 Å². The van der Waals surface area contributed by atoms with Crippen LogP contribution in [0.1, 0.15) is 17.7 Å². The predicted molar refractivity (Wildman–Crippen MR) is 103 cm³/mol. The molecule has 0 bridgehead atoms. The van der Waals surface area contributed by atoms with Crippen molar-refractivity contribution >= 4 is 39.0 Å². The largest absolute Gasteiger partial charge is 0.416 e. The highest BCUT2D eigenvalue weighted by Crippen LogP contribution is 2.36. The highest BCUT2D eigenvalue weighted by Gasteiger charge is 2.45. The number of pyridine rings is 1. The van der Waals surface area contributed by atoms with Crippen molar-refractivity contribution in [1.82, 2.24) is 4.98 Å². The molecule has 1 aromatic heterocycles. The summed E-state index contributed by atoms with van der Waals surface area (Å²) in [5.41, 5.74) is -1.66. The van der Waals surface area contributed by atoms with Gasteiger partial charge in [0.15, 0.2) is 5.82 Å². The summed E-state index contributed by atoms with van der Waals surface area (Å²) in [5.74, 6) is -4.34. The third-order valence-electron chi connectivity index (χ3n) is 4.72. The first-order valence-electron chi connectivity index (χ1n) is 8.73. The van der Waals surface area contributed by atoms with Crippen LogP contribution in [0.25, 0.3) is 0 Å². The van der Waals surface area contributed by atoms with Gasteiger partial charge in [-0.1, -0.05) is 11.6 Å². The number of halogens is 6. The van der Waals surface area contributed by atoms with E-state index >= 15 is 0 Å². The van der Waals surface area contributed by atoms with Gasteiger partial charge in [-0.15, -0.1) is 0 Å². The molecule has 168 valence electrons. The van der Waals surface area contributed by atoms with Gasteiger partial charge in [-0.05, 0) is 37.6 Å². The number of rotatable bonds is 3. The van der Waals surface area contributed by atoms with Crippen LogP contribution in [0, 0.1) is 18.6 Å². The third kappa shape index (κ3) is 4.31. The Kier molecular flexibility index (Phi) is 5.91. The number of nitrogens with zero attached hydrogens (tertiary/aromatic N) is 3. The number of sulfonamides is 1. The first-order valence-corrected chi connectivity index (χ1v) is 10.7. The van der Waals surface area contributed by atoms with Crippen molar-refractivity contribution in [2.45, 2.75) is 25.6 Å². The number of hydrogen-bond acceptors (Lipinski definition) is 4. The Balaban J connectivity index is 2.05. The van der Waals surface area contributed by atoms with Crippen LogP contribution in [-0.2, 0) is 21.0 Å². The van der Waals surface area contributed by atoms with Gasteiger partial charge < -0.3 is 4.90 Å². The Bertz CT molecular complexity index is 1160. The van der Waals surface area contributed by atoms with Gasteiger partial charge in [-0.3, -0.25) is 4.79 Å². The second kappa shape index (κ2) is 7.90. The molecule has 0 aliphatic carbocycles. The van der Waals surface area contributed by atoms with Crippen molar-refractivity contribution in [3.05, 3.63) is 52.2 Å².